The van der Waals surface area contributed by atoms with Crippen LogP contribution in [0.4, 0.5) is 0 Å². The van der Waals surface area contributed by atoms with E-state index >= 15 is 0 Å². The van der Waals surface area contributed by atoms with Crippen LogP contribution in [0.1, 0.15) is 64.7 Å². The molecule has 4 aliphatic rings. The Balaban J connectivity index is 1.71. The van der Waals surface area contributed by atoms with Crippen molar-refractivity contribution in [3.05, 3.63) is 11.6 Å². The Morgan fingerprint density at radius 3 is 2.92 bits per heavy atom. The Kier molecular flexibility index (Phi) is 4.16. The summed E-state index contributed by atoms with van der Waals surface area (Å²) >= 11 is 0. The van der Waals surface area contributed by atoms with Crippen LogP contribution >= 0.6 is 0 Å². The maximum absolute atomic E-state index is 12.2. The first-order valence-electron chi connectivity index (χ1n) is 10.0. The van der Waals surface area contributed by atoms with E-state index in [0.29, 0.717) is 30.6 Å². The van der Waals surface area contributed by atoms with Gasteiger partial charge in [0.15, 0.2) is 0 Å². The quantitative estimate of drug-likeness (QED) is 0.614. The molecule has 3 saturated carbocycles. The normalized spacial score (nSPS) is 50.5. The van der Waals surface area contributed by atoms with Crippen LogP contribution in [-0.4, -0.2) is 29.2 Å². The molecule has 0 aromatic rings. The predicted molar refractivity (Wildman–Crippen MR) is 93.3 cm³/mol. The highest BCUT2D eigenvalue weighted by atomic mass is 16.3. The standard InChI is InChI=1S/C21H32O3/c1-20-10-3-2-4-14(20)5-7-16-17-8-6-15(9-11-22)21(17,13-23)12-18(24)19(16)20/h4,13,15-19,22,24H,2-3,5-12H2,1H3/t15-,16+,17+,18?,19-,20+,21+/m1/s1. The van der Waals surface area contributed by atoms with E-state index in [1.807, 2.05) is 0 Å². The smallest absolute Gasteiger partial charge is 0.126 e. The van der Waals surface area contributed by atoms with Crippen LogP contribution in [0, 0.1) is 34.5 Å². The minimum atomic E-state index is -0.379. The van der Waals surface area contributed by atoms with Gasteiger partial charge in [-0.3, -0.25) is 0 Å². The number of hydrogen-bond acceptors (Lipinski definition) is 3. The molecular formula is C21H32O3. The Labute approximate surface area is 145 Å². The molecule has 4 aliphatic carbocycles. The number of aldehydes is 1. The third kappa shape index (κ3) is 2.13. The summed E-state index contributed by atoms with van der Waals surface area (Å²) in [7, 11) is 0. The predicted octanol–water partition coefficient (Wildman–Crippen LogP) is 3.49. The van der Waals surface area contributed by atoms with Crippen LogP contribution in [0.2, 0.25) is 0 Å². The number of aliphatic hydroxyl groups is 2. The molecule has 0 aromatic heterocycles. The summed E-state index contributed by atoms with van der Waals surface area (Å²) in [4.78, 5) is 12.2. The van der Waals surface area contributed by atoms with Gasteiger partial charge >= 0.3 is 0 Å². The minimum Gasteiger partial charge on any atom is -0.396 e. The van der Waals surface area contributed by atoms with Crippen LogP contribution in [-0.2, 0) is 4.79 Å². The number of allylic oxidation sites excluding steroid dienone is 2. The van der Waals surface area contributed by atoms with Crippen molar-refractivity contribution < 1.29 is 15.0 Å². The van der Waals surface area contributed by atoms with Crippen molar-refractivity contribution in [2.24, 2.45) is 34.5 Å². The molecule has 0 spiro atoms. The molecule has 1 unspecified atom stereocenters. The third-order valence-corrected chi connectivity index (χ3v) is 8.44. The molecule has 0 heterocycles. The van der Waals surface area contributed by atoms with Gasteiger partial charge < -0.3 is 15.0 Å². The van der Waals surface area contributed by atoms with Crippen molar-refractivity contribution in [1.29, 1.82) is 0 Å². The van der Waals surface area contributed by atoms with Gasteiger partial charge in [0.2, 0.25) is 0 Å². The second-order valence-electron chi connectivity index (χ2n) is 9.16. The first-order chi connectivity index (χ1) is 11.6. The van der Waals surface area contributed by atoms with E-state index in [1.54, 1.807) is 5.57 Å². The lowest BCUT2D eigenvalue weighted by Crippen LogP contribution is -2.57. The molecule has 2 N–H and O–H groups in total. The zero-order valence-electron chi connectivity index (χ0n) is 14.9. The first kappa shape index (κ1) is 16.8. The Morgan fingerprint density at radius 2 is 2.17 bits per heavy atom. The fraction of sp³-hybridized carbons (Fsp3) is 0.857. The highest BCUT2D eigenvalue weighted by Crippen LogP contribution is 2.66. The Morgan fingerprint density at radius 1 is 1.33 bits per heavy atom. The monoisotopic (exact) mass is 332 g/mol. The molecule has 0 aromatic carbocycles. The summed E-state index contributed by atoms with van der Waals surface area (Å²) in [5.41, 5.74) is 1.35. The highest BCUT2D eigenvalue weighted by Gasteiger charge is 2.63. The van der Waals surface area contributed by atoms with Gasteiger partial charge in [0.25, 0.3) is 0 Å². The van der Waals surface area contributed by atoms with Crippen LogP contribution in [0.15, 0.2) is 11.6 Å². The molecule has 0 amide bonds. The SMILES string of the molecule is C[C@]12CCCC=C1CC[C@H]1[C@@H]3CC[C@H](CCO)[C@@]3(C=O)CC(O)[C@@H]12. The summed E-state index contributed by atoms with van der Waals surface area (Å²) in [6.45, 7) is 2.54. The van der Waals surface area contributed by atoms with Crippen molar-refractivity contribution >= 4 is 6.29 Å². The van der Waals surface area contributed by atoms with Crippen molar-refractivity contribution in [3.63, 3.8) is 0 Å². The summed E-state index contributed by atoms with van der Waals surface area (Å²) < 4.78 is 0. The molecule has 134 valence electrons. The van der Waals surface area contributed by atoms with Gasteiger partial charge in [-0.2, -0.15) is 0 Å². The fourth-order valence-corrected chi connectivity index (χ4v) is 7.48. The number of fused-ring (bicyclic) bond motifs is 5. The molecule has 0 bridgehead atoms. The number of aliphatic hydroxyl groups excluding tert-OH is 2. The Hall–Kier alpha value is -0.670. The van der Waals surface area contributed by atoms with E-state index in [4.69, 9.17) is 0 Å². The topological polar surface area (TPSA) is 57.5 Å². The second kappa shape index (κ2) is 5.95. The molecule has 3 fully saturated rings. The van der Waals surface area contributed by atoms with Gasteiger partial charge in [-0.25, -0.2) is 0 Å². The largest absolute Gasteiger partial charge is 0.396 e. The zero-order valence-corrected chi connectivity index (χ0v) is 14.9. The summed E-state index contributed by atoms with van der Waals surface area (Å²) in [6.07, 6.45) is 12.6. The van der Waals surface area contributed by atoms with E-state index in [1.165, 1.54) is 25.5 Å². The lowest BCUT2D eigenvalue weighted by atomic mass is 9.46. The molecule has 24 heavy (non-hydrogen) atoms. The van der Waals surface area contributed by atoms with Gasteiger partial charge in [0.05, 0.1) is 6.10 Å². The number of carbonyl (C=O) groups is 1. The zero-order chi connectivity index (χ0) is 16.9. The molecule has 4 rings (SSSR count). The lowest BCUT2D eigenvalue weighted by molar-refractivity contribution is -0.151. The molecule has 3 heteroatoms. The maximum Gasteiger partial charge on any atom is 0.126 e. The molecule has 0 radical (unpaired) electrons. The van der Waals surface area contributed by atoms with Crippen LogP contribution in [0.25, 0.3) is 0 Å². The highest BCUT2D eigenvalue weighted by molar-refractivity contribution is 5.62. The van der Waals surface area contributed by atoms with Crippen molar-refractivity contribution in [3.8, 4) is 0 Å². The second-order valence-corrected chi connectivity index (χ2v) is 9.16. The van der Waals surface area contributed by atoms with E-state index in [0.717, 1.165) is 25.7 Å². The number of hydrogen-bond donors (Lipinski definition) is 2. The van der Waals surface area contributed by atoms with E-state index in [2.05, 4.69) is 13.0 Å². The average molecular weight is 332 g/mol. The molecule has 0 aliphatic heterocycles. The molecule has 3 nitrogen and oxygen atoms in total. The molecule has 0 saturated heterocycles. The maximum atomic E-state index is 12.2. The van der Waals surface area contributed by atoms with Crippen molar-refractivity contribution in [2.75, 3.05) is 6.61 Å². The fourth-order valence-electron chi connectivity index (χ4n) is 7.48. The summed E-state index contributed by atoms with van der Waals surface area (Å²) in [5.74, 6) is 1.48. The van der Waals surface area contributed by atoms with E-state index in [-0.39, 0.29) is 29.5 Å². The first-order valence-corrected chi connectivity index (χ1v) is 10.0. The number of carbonyl (C=O) groups excluding carboxylic acids is 1. The lowest BCUT2D eigenvalue weighted by Gasteiger charge is -2.59. The minimum absolute atomic E-state index is 0.144. The summed E-state index contributed by atoms with van der Waals surface area (Å²) in [5, 5.41) is 20.6. The van der Waals surface area contributed by atoms with Gasteiger partial charge in [0, 0.05) is 12.0 Å². The molecular weight excluding hydrogens is 300 g/mol. The third-order valence-electron chi connectivity index (χ3n) is 8.44. The Bertz CT molecular complexity index is 541. The number of rotatable bonds is 3. The van der Waals surface area contributed by atoms with Crippen molar-refractivity contribution in [2.45, 2.75) is 70.8 Å². The van der Waals surface area contributed by atoms with Gasteiger partial charge in [-0.15, -0.1) is 0 Å². The van der Waals surface area contributed by atoms with Gasteiger partial charge in [0.1, 0.15) is 6.29 Å². The van der Waals surface area contributed by atoms with Crippen LogP contribution in [0.3, 0.4) is 0 Å². The van der Waals surface area contributed by atoms with Crippen molar-refractivity contribution in [1.82, 2.24) is 0 Å². The molecule has 7 atom stereocenters. The van der Waals surface area contributed by atoms with E-state index in [9.17, 15) is 15.0 Å². The van der Waals surface area contributed by atoms with E-state index < -0.39 is 0 Å². The van der Waals surface area contributed by atoms with Gasteiger partial charge in [-0.1, -0.05) is 18.6 Å². The van der Waals surface area contributed by atoms with Crippen LogP contribution < -0.4 is 0 Å². The van der Waals surface area contributed by atoms with Gasteiger partial charge in [-0.05, 0) is 86.9 Å². The summed E-state index contributed by atoms with van der Waals surface area (Å²) in [6, 6.07) is 0. The van der Waals surface area contributed by atoms with Crippen LogP contribution in [0.5, 0.6) is 0 Å². The average Bonchev–Trinajstić information content (AvgIpc) is 2.93.